The Morgan fingerprint density at radius 3 is 1.70 bits per heavy atom. The van der Waals surface area contributed by atoms with Crippen LogP contribution in [0.25, 0.3) is 0 Å². The maximum Gasteiger partial charge on any atom is 0.325 e. The molecule has 166 valence electrons. The molecular weight excluding hydrogens is 386 g/mol. The first kappa shape index (κ1) is 25.3. The molecule has 0 unspecified atom stereocenters. The summed E-state index contributed by atoms with van der Waals surface area (Å²) in [6.45, 7) is 11.8. The normalized spacial score (nSPS) is 11.7. The van der Waals surface area contributed by atoms with Crippen LogP contribution >= 0.6 is 0 Å². The zero-order chi connectivity index (χ0) is 23.1. The van der Waals surface area contributed by atoms with Gasteiger partial charge in [0.05, 0.1) is 0 Å². The molecule has 0 aliphatic carbocycles. The maximum absolute atomic E-state index is 12.7. The molecule has 1 aromatic carbocycles. The van der Waals surface area contributed by atoms with Gasteiger partial charge in [-0.2, -0.15) is 0 Å². The third-order valence-corrected chi connectivity index (χ3v) is 3.75. The Morgan fingerprint density at radius 1 is 0.833 bits per heavy atom. The molecular formula is C23H33NO6. The first-order chi connectivity index (χ1) is 13.7. The van der Waals surface area contributed by atoms with E-state index in [0.29, 0.717) is 24.1 Å². The number of Topliss-reactive ketones (excluding diaryl/α,β-unsaturated/α-hetero) is 1. The molecule has 1 amide bonds. The van der Waals surface area contributed by atoms with Crippen LogP contribution in [0.15, 0.2) is 24.3 Å². The van der Waals surface area contributed by atoms with Crippen molar-refractivity contribution in [1.29, 1.82) is 0 Å². The predicted molar refractivity (Wildman–Crippen MR) is 114 cm³/mol. The van der Waals surface area contributed by atoms with Crippen LogP contribution in [0.5, 0.6) is 0 Å². The number of hydrogen-bond acceptors (Lipinski definition) is 6. The van der Waals surface area contributed by atoms with Crippen LogP contribution in [0.1, 0.15) is 79.2 Å². The van der Waals surface area contributed by atoms with Gasteiger partial charge >= 0.3 is 11.9 Å². The van der Waals surface area contributed by atoms with E-state index in [2.05, 4.69) is 5.32 Å². The zero-order valence-electron chi connectivity index (χ0n) is 19.0. The molecule has 1 rings (SSSR count). The lowest BCUT2D eigenvalue weighted by molar-refractivity contribution is -0.169. The Morgan fingerprint density at radius 2 is 1.30 bits per heavy atom. The molecule has 0 saturated carbocycles. The highest BCUT2D eigenvalue weighted by molar-refractivity contribution is 6.01. The third-order valence-electron chi connectivity index (χ3n) is 3.75. The first-order valence-electron chi connectivity index (χ1n) is 10.0. The van der Waals surface area contributed by atoms with Crippen LogP contribution in [-0.2, 0) is 28.7 Å². The van der Waals surface area contributed by atoms with Crippen LogP contribution in [0, 0.1) is 0 Å². The van der Waals surface area contributed by atoms with E-state index in [-0.39, 0.29) is 18.1 Å². The van der Waals surface area contributed by atoms with Gasteiger partial charge in [0.15, 0.2) is 5.92 Å². The largest absolute Gasteiger partial charge is 0.459 e. The topological polar surface area (TPSA) is 98.8 Å². The van der Waals surface area contributed by atoms with Crippen molar-refractivity contribution in [2.24, 2.45) is 0 Å². The van der Waals surface area contributed by atoms with Gasteiger partial charge in [0.2, 0.25) is 5.91 Å². The molecule has 0 saturated heterocycles. The molecule has 0 aliphatic heterocycles. The number of carbonyl (C=O) groups excluding carboxylic acids is 4. The van der Waals surface area contributed by atoms with Crippen molar-refractivity contribution in [1.82, 2.24) is 0 Å². The average Bonchev–Trinajstić information content (AvgIpc) is 2.52. The number of hydrogen-bond donors (Lipinski definition) is 1. The van der Waals surface area contributed by atoms with Crippen LogP contribution in [0.2, 0.25) is 0 Å². The second-order valence-electron chi connectivity index (χ2n) is 9.23. The van der Waals surface area contributed by atoms with Gasteiger partial charge in [-0.1, -0.05) is 12.1 Å². The Balaban J connectivity index is 2.97. The Kier molecular flexibility index (Phi) is 8.75. The number of carbonyl (C=O) groups is 4. The van der Waals surface area contributed by atoms with E-state index in [1.165, 1.54) is 6.92 Å². The van der Waals surface area contributed by atoms with Crippen molar-refractivity contribution in [3.05, 3.63) is 29.8 Å². The Hall–Kier alpha value is -2.70. The maximum atomic E-state index is 12.7. The zero-order valence-corrected chi connectivity index (χ0v) is 19.0. The molecule has 0 bridgehead atoms. The van der Waals surface area contributed by atoms with E-state index < -0.39 is 29.1 Å². The number of rotatable bonds is 8. The van der Waals surface area contributed by atoms with E-state index in [4.69, 9.17) is 9.47 Å². The average molecular weight is 420 g/mol. The summed E-state index contributed by atoms with van der Waals surface area (Å²) in [5.74, 6) is -2.79. The van der Waals surface area contributed by atoms with Crippen molar-refractivity contribution in [3.8, 4) is 0 Å². The van der Waals surface area contributed by atoms with Gasteiger partial charge < -0.3 is 19.6 Å². The van der Waals surface area contributed by atoms with Gasteiger partial charge in [-0.25, -0.2) is 0 Å². The minimum atomic E-state index is -1.23. The number of anilines is 1. The molecule has 7 heteroatoms. The molecule has 0 aromatic heterocycles. The molecule has 1 N–H and O–H groups in total. The Labute approximate surface area is 178 Å². The second kappa shape index (κ2) is 10.4. The van der Waals surface area contributed by atoms with Crippen LogP contribution < -0.4 is 5.32 Å². The number of benzene rings is 1. The van der Waals surface area contributed by atoms with Crippen molar-refractivity contribution in [2.75, 3.05) is 5.32 Å². The van der Waals surface area contributed by atoms with Crippen molar-refractivity contribution in [2.45, 2.75) is 84.8 Å². The molecule has 0 atom stereocenters. The van der Waals surface area contributed by atoms with Crippen LogP contribution in [0.3, 0.4) is 0 Å². The summed E-state index contributed by atoms with van der Waals surface area (Å²) in [6.07, 6.45) is 1.08. The summed E-state index contributed by atoms with van der Waals surface area (Å²) in [5.41, 5.74) is -0.581. The predicted octanol–water partition coefficient (Wildman–Crippen LogP) is 4.15. The van der Waals surface area contributed by atoms with Crippen LogP contribution in [-0.4, -0.2) is 34.8 Å². The highest BCUT2D eigenvalue weighted by Gasteiger charge is 2.36. The summed E-state index contributed by atoms with van der Waals surface area (Å²) >= 11 is 0. The van der Waals surface area contributed by atoms with Gasteiger partial charge in [0, 0.05) is 18.5 Å². The number of esters is 2. The van der Waals surface area contributed by atoms with Crippen LogP contribution in [0.4, 0.5) is 5.69 Å². The lowest BCUT2D eigenvalue weighted by Crippen LogP contribution is -2.35. The fourth-order valence-electron chi connectivity index (χ4n) is 2.57. The summed E-state index contributed by atoms with van der Waals surface area (Å²) in [4.78, 5) is 48.3. The molecule has 0 radical (unpaired) electrons. The van der Waals surface area contributed by atoms with E-state index in [1.807, 2.05) is 0 Å². The fraction of sp³-hybridized carbons (Fsp3) is 0.565. The quantitative estimate of drug-likeness (QED) is 0.502. The van der Waals surface area contributed by atoms with Gasteiger partial charge in [0.1, 0.15) is 17.0 Å². The monoisotopic (exact) mass is 419 g/mol. The summed E-state index contributed by atoms with van der Waals surface area (Å²) < 4.78 is 10.8. The van der Waals surface area contributed by atoms with E-state index >= 15 is 0 Å². The number of ether oxygens (including phenoxy) is 2. The number of amides is 1. The Bertz CT molecular complexity index is 740. The van der Waals surface area contributed by atoms with Crippen molar-refractivity contribution in [3.63, 3.8) is 0 Å². The molecule has 7 nitrogen and oxygen atoms in total. The lowest BCUT2D eigenvalue weighted by atomic mass is 9.98. The highest BCUT2D eigenvalue weighted by atomic mass is 16.6. The molecule has 30 heavy (non-hydrogen) atoms. The van der Waals surface area contributed by atoms with Gasteiger partial charge in [0.25, 0.3) is 0 Å². The lowest BCUT2D eigenvalue weighted by Gasteiger charge is -2.26. The summed E-state index contributed by atoms with van der Waals surface area (Å²) in [6, 6.07) is 6.40. The van der Waals surface area contributed by atoms with Crippen molar-refractivity contribution >= 4 is 29.3 Å². The molecule has 1 aromatic rings. The molecule has 0 aliphatic rings. The van der Waals surface area contributed by atoms with E-state index in [1.54, 1.807) is 65.8 Å². The second-order valence-corrected chi connectivity index (χ2v) is 9.23. The summed E-state index contributed by atoms with van der Waals surface area (Å²) in [7, 11) is 0. The van der Waals surface area contributed by atoms with Gasteiger partial charge in [-0.15, -0.1) is 0 Å². The molecule has 0 heterocycles. The number of ketones is 1. The van der Waals surface area contributed by atoms with E-state index in [0.717, 1.165) is 0 Å². The van der Waals surface area contributed by atoms with Crippen molar-refractivity contribution < 1.29 is 28.7 Å². The minimum absolute atomic E-state index is 0.0440. The smallest absolute Gasteiger partial charge is 0.325 e. The van der Waals surface area contributed by atoms with Gasteiger partial charge in [-0.3, -0.25) is 14.4 Å². The highest BCUT2D eigenvalue weighted by Crippen LogP contribution is 2.26. The summed E-state index contributed by atoms with van der Waals surface area (Å²) in [5, 5.41) is 2.73. The fourth-order valence-corrected chi connectivity index (χ4v) is 2.57. The minimum Gasteiger partial charge on any atom is -0.459 e. The van der Waals surface area contributed by atoms with Gasteiger partial charge in [-0.05, 0) is 72.6 Å². The standard InChI is InChI=1S/C23H33NO6/c1-15(25)9-8-10-18(26)24-17-13-11-16(12-14-17)19(20(27)29-22(2,3)4)21(28)30-23(5,6)7/h11-14,19H,8-10H2,1-7H3,(H,24,26). The first-order valence-corrected chi connectivity index (χ1v) is 10.0. The number of nitrogens with one attached hydrogen (secondary N) is 1. The third kappa shape index (κ3) is 9.67. The SMILES string of the molecule is CC(=O)CCCC(=O)Nc1ccc(C(C(=O)OC(C)(C)C)C(=O)OC(C)(C)C)cc1. The van der Waals surface area contributed by atoms with E-state index in [9.17, 15) is 19.2 Å². The molecule has 0 spiro atoms. The molecule has 0 fully saturated rings.